The molecule has 0 saturated heterocycles. The van der Waals surface area contributed by atoms with Crippen LogP contribution in [0.1, 0.15) is 34.2 Å². The molecule has 0 unspecified atom stereocenters. The molecule has 0 radical (unpaired) electrons. The van der Waals surface area contributed by atoms with E-state index in [1.165, 1.54) is 24.3 Å². The number of halogens is 4. The largest absolute Gasteiger partial charge is 0.416 e. The number of carbonyl (C=O) groups is 1. The van der Waals surface area contributed by atoms with E-state index < -0.39 is 17.6 Å². The lowest BCUT2D eigenvalue weighted by Crippen LogP contribution is -2.22. The summed E-state index contributed by atoms with van der Waals surface area (Å²) in [7, 11) is 0. The van der Waals surface area contributed by atoms with E-state index in [9.17, 15) is 22.4 Å². The predicted octanol–water partition coefficient (Wildman–Crippen LogP) is 6.49. The molecule has 162 valence electrons. The molecule has 0 aromatic heterocycles. The summed E-state index contributed by atoms with van der Waals surface area (Å²) in [5.41, 5.74) is 3.54. The van der Waals surface area contributed by atoms with Gasteiger partial charge in [-0.1, -0.05) is 48.5 Å². The first-order chi connectivity index (χ1) is 15.3. The Bertz CT molecular complexity index is 1190. The molecule has 1 aliphatic rings. The highest BCUT2D eigenvalue weighted by Crippen LogP contribution is 2.38. The van der Waals surface area contributed by atoms with Gasteiger partial charge in [-0.05, 0) is 69.8 Å². The summed E-state index contributed by atoms with van der Waals surface area (Å²) in [6.45, 7) is 0.386. The molecule has 1 aliphatic carbocycles. The van der Waals surface area contributed by atoms with Crippen molar-refractivity contribution in [2.45, 2.75) is 19.1 Å². The van der Waals surface area contributed by atoms with Crippen molar-refractivity contribution in [3.8, 4) is 0 Å². The standard InChI is InChI=1S/C26H19F4NO/c27-22-10-11-23-19(12-17-6-8-21(9-7-17)26(28,29)30)13-20(24(23)15-22)14-25(32)31-16-18-4-2-1-3-5-18/h1-13,15H,14,16H2,(H,31,32)/b19-12+. The van der Waals surface area contributed by atoms with Crippen molar-refractivity contribution in [2.75, 3.05) is 0 Å². The highest BCUT2D eigenvalue weighted by molar-refractivity contribution is 6.05. The maximum absolute atomic E-state index is 13.9. The maximum Gasteiger partial charge on any atom is 0.416 e. The second-order valence-electron chi connectivity index (χ2n) is 7.52. The van der Waals surface area contributed by atoms with Gasteiger partial charge in [0.2, 0.25) is 5.91 Å². The van der Waals surface area contributed by atoms with E-state index in [1.807, 2.05) is 30.3 Å². The van der Waals surface area contributed by atoms with Gasteiger partial charge in [-0.2, -0.15) is 13.2 Å². The first-order valence-electron chi connectivity index (χ1n) is 10.00. The summed E-state index contributed by atoms with van der Waals surface area (Å²) in [5, 5.41) is 2.86. The molecule has 4 rings (SSSR count). The minimum atomic E-state index is -4.40. The SMILES string of the molecule is O=C(CC1=C/C(=C\c2ccc(C(F)(F)F)cc2)c2ccc(F)cc21)NCc1ccccc1. The van der Waals surface area contributed by atoms with Crippen molar-refractivity contribution >= 4 is 23.1 Å². The Morgan fingerprint density at radius 2 is 1.62 bits per heavy atom. The van der Waals surface area contributed by atoms with Crippen LogP contribution in [-0.4, -0.2) is 5.91 Å². The summed E-state index contributed by atoms with van der Waals surface area (Å²) in [6.07, 6.45) is -0.827. The fraction of sp³-hybridized carbons (Fsp3) is 0.115. The zero-order chi connectivity index (χ0) is 22.7. The van der Waals surface area contributed by atoms with E-state index >= 15 is 0 Å². The smallest absolute Gasteiger partial charge is 0.352 e. The third kappa shape index (κ3) is 4.97. The van der Waals surface area contributed by atoms with Crippen LogP contribution in [0, 0.1) is 5.82 Å². The van der Waals surface area contributed by atoms with Crippen LogP contribution < -0.4 is 5.32 Å². The molecular formula is C26H19F4NO. The normalized spacial score (nSPS) is 14.2. The first kappa shape index (κ1) is 21.6. The minimum Gasteiger partial charge on any atom is -0.352 e. The molecule has 0 aliphatic heterocycles. The van der Waals surface area contributed by atoms with E-state index in [4.69, 9.17) is 0 Å². The fourth-order valence-electron chi connectivity index (χ4n) is 3.62. The van der Waals surface area contributed by atoms with Gasteiger partial charge >= 0.3 is 6.18 Å². The first-order valence-corrected chi connectivity index (χ1v) is 10.00. The molecule has 0 atom stereocenters. The number of hydrogen-bond acceptors (Lipinski definition) is 1. The van der Waals surface area contributed by atoms with Gasteiger partial charge in [0, 0.05) is 6.54 Å². The average Bonchev–Trinajstić information content (AvgIpc) is 3.09. The predicted molar refractivity (Wildman–Crippen MR) is 117 cm³/mol. The summed E-state index contributed by atoms with van der Waals surface area (Å²) < 4.78 is 52.3. The fourth-order valence-corrected chi connectivity index (χ4v) is 3.62. The van der Waals surface area contributed by atoms with E-state index in [0.29, 0.717) is 28.8 Å². The third-order valence-electron chi connectivity index (χ3n) is 5.21. The average molecular weight is 437 g/mol. The van der Waals surface area contributed by atoms with Crippen molar-refractivity contribution < 1.29 is 22.4 Å². The number of nitrogens with one attached hydrogen (secondary N) is 1. The zero-order valence-corrected chi connectivity index (χ0v) is 16.9. The van der Waals surface area contributed by atoms with Crippen LogP contribution in [0.4, 0.5) is 17.6 Å². The lowest BCUT2D eigenvalue weighted by molar-refractivity contribution is -0.137. The molecule has 3 aromatic rings. The second kappa shape index (κ2) is 8.83. The van der Waals surface area contributed by atoms with Gasteiger partial charge < -0.3 is 5.32 Å². The highest BCUT2D eigenvalue weighted by atomic mass is 19.4. The Kier molecular flexibility index (Phi) is 5.95. The second-order valence-corrected chi connectivity index (χ2v) is 7.52. The Morgan fingerprint density at radius 3 is 2.31 bits per heavy atom. The number of alkyl halides is 3. The van der Waals surface area contributed by atoms with Crippen LogP contribution in [0.25, 0.3) is 17.2 Å². The van der Waals surface area contributed by atoms with Gasteiger partial charge in [-0.3, -0.25) is 4.79 Å². The molecule has 0 fully saturated rings. The molecular weight excluding hydrogens is 418 g/mol. The molecule has 0 saturated carbocycles. The maximum atomic E-state index is 13.9. The van der Waals surface area contributed by atoms with Gasteiger partial charge in [0.25, 0.3) is 0 Å². The van der Waals surface area contributed by atoms with Crippen LogP contribution in [0.3, 0.4) is 0 Å². The molecule has 2 nitrogen and oxygen atoms in total. The number of carbonyl (C=O) groups excluding carboxylic acids is 1. The van der Waals surface area contributed by atoms with Gasteiger partial charge in [-0.25, -0.2) is 4.39 Å². The number of rotatable bonds is 5. The lowest BCUT2D eigenvalue weighted by Gasteiger charge is -2.08. The summed E-state index contributed by atoms with van der Waals surface area (Å²) in [5.74, 6) is -0.624. The molecule has 0 spiro atoms. The minimum absolute atomic E-state index is 0.0631. The van der Waals surface area contributed by atoms with Crippen LogP contribution >= 0.6 is 0 Å². The van der Waals surface area contributed by atoms with Crippen LogP contribution in [0.15, 0.2) is 78.9 Å². The molecule has 1 N–H and O–H groups in total. The summed E-state index contributed by atoms with van der Waals surface area (Å²) in [4.78, 5) is 12.5. The number of fused-ring (bicyclic) bond motifs is 1. The quantitative estimate of drug-likeness (QED) is 0.454. The van der Waals surface area contributed by atoms with Crippen LogP contribution in [0.5, 0.6) is 0 Å². The molecule has 0 heterocycles. The van der Waals surface area contributed by atoms with Crippen molar-refractivity contribution in [3.05, 3.63) is 113 Å². The van der Waals surface area contributed by atoms with Crippen LogP contribution in [0.2, 0.25) is 0 Å². The zero-order valence-electron chi connectivity index (χ0n) is 16.9. The van der Waals surface area contributed by atoms with E-state index in [2.05, 4.69) is 5.32 Å². The van der Waals surface area contributed by atoms with Crippen molar-refractivity contribution in [3.63, 3.8) is 0 Å². The summed E-state index contributed by atoms with van der Waals surface area (Å²) in [6, 6.07) is 18.6. The Balaban J connectivity index is 1.56. The molecule has 3 aromatic carbocycles. The van der Waals surface area contributed by atoms with E-state index in [0.717, 1.165) is 23.3 Å². The van der Waals surface area contributed by atoms with Crippen molar-refractivity contribution in [1.82, 2.24) is 5.32 Å². The van der Waals surface area contributed by atoms with Gasteiger partial charge in [0.1, 0.15) is 5.82 Å². The number of amides is 1. The van der Waals surface area contributed by atoms with Crippen LogP contribution in [-0.2, 0) is 17.5 Å². The van der Waals surface area contributed by atoms with E-state index in [1.54, 1.807) is 18.2 Å². The molecule has 0 bridgehead atoms. The Labute approximate surface area is 182 Å². The molecule has 6 heteroatoms. The number of benzene rings is 3. The Hall–Kier alpha value is -3.67. The highest BCUT2D eigenvalue weighted by Gasteiger charge is 2.30. The van der Waals surface area contributed by atoms with Crippen molar-refractivity contribution in [1.29, 1.82) is 0 Å². The number of allylic oxidation sites excluding steroid dienone is 2. The van der Waals surface area contributed by atoms with Gasteiger partial charge in [0.05, 0.1) is 12.0 Å². The monoisotopic (exact) mass is 437 g/mol. The molecule has 32 heavy (non-hydrogen) atoms. The number of hydrogen-bond donors (Lipinski definition) is 1. The van der Waals surface area contributed by atoms with Gasteiger partial charge in [-0.15, -0.1) is 0 Å². The lowest BCUT2D eigenvalue weighted by atomic mass is 10.0. The Morgan fingerprint density at radius 1 is 0.906 bits per heavy atom. The third-order valence-corrected chi connectivity index (χ3v) is 5.21. The van der Waals surface area contributed by atoms with Gasteiger partial charge in [0.15, 0.2) is 0 Å². The topological polar surface area (TPSA) is 29.1 Å². The molecule has 1 amide bonds. The summed E-state index contributed by atoms with van der Waals surface area (Å²) >= 11 is 0. The van der Waals surface area contributed by atoms with E-state index in [-0.39, 0.29) is 12.3 Å². The van der Waals surface area contributed by atoms with Crippen molar-refractivity contribution in [2.24, 2.45) is 0 Å².